The molecule has 0 aliphatic carbocycles. The Kier molecular flexibility index (Phi) is 3.72. The third-order valence-electron chi connectivity index (χ3n) is 2.74. The zero-order valence-electron chi connectivity index (χ0n) is 9.36. The molecular weight excluding hydrogens is 216 g/mol. The second-order valence-electron chi connectivity index (χ2n) is 4.17. The molecule has 0 saturated carbocycles. The lowest BCUT2D eigenvalue weighted by Gasteiger charge is -2.35. The van der Waals surface area contributed by atoms with Gasteiger partial charge in [-0.3, -0.25) is 4.79 Å². The van der Waals surface area contributed by atoms with Crippen molar-refractivity contribution in [1.82, 2.24) is 10.2 Å². The number of amides is 1. The molecule has 15 heavy (non-hydrogen) atoms. The molecule has 1 aliphatic heterocycles. The van der Waals surface area contributed by atoms with Crippen LogP contribution in [0.3, 0.4) is 0 Å². The summed E-state index contributed by atoms with van der Waals surface area (Å²) in [6.07, 6.45) is 0. The first-order chi connectivity index (χ1) is 6.84. The molecule has 1 saturated heterocycles. The molecule has 5 nitrogen and oxygen atoms in total. The molecule has 1 rings (SSSR count). The van der Waals surface area contributed by atoms with Crippen LogP contribution in [0, 0.1) is 0 Å². The van der Waals surface area contributed by atoms with Gasteiger partial charge in [0.25, 0.3) is 0 Å². The van der Waals surface area contributed by atoms with E-state index in [2.05, 4.69) is 5.32 Å². The number of hydrogen-bond donors (Lipinski definition) is 1. The highest BCUT2D eigenvalue weighted by atomic mass is 32.2. The minimum absolute atomic E-state index is 0.153. The Labute approximate surface area is 90.7 Å². The average Bonchev–Trinajstić information content (AvgIpc) is 1.99. The van der Waals surface area contributed by atoms with Crippen LogP contribution in [0.2, 0.25) is 0 Å². The van der Waals surface area contributed by atoms with Gasteiger partial charge in [-0.15, -0.1) is 0 Å². The van der Waals surface area contributed by atoms with E-state index in [1.54, 1.807) is 20.9 Å². The Hall–Kier alpha value is -0.620. The number of nitrogens with zero attached hydrogens (tertiary/aromatic N) is 1. The number of sulfone groups is 1. The van der Waals surface area contributed by atoms with Crippen molar-refractivity contribution in [2.24, 2.45) is 0 Å². The summed E-state index contributed by atoms with van der Waals surface area (Å²) in [5.41, 5.74) is 0. The van der Waals surface area contributed by atoms with Gasteiger partial charge in [0, 0.05) is 20.1 Å². The van der Waals surface area contributed by atoms with Gasteiger partial charge >= 0.3 is 0 Å². The van der Waals surface area contributed by atoms with Gasteiger partial charge in [0.2, 0.25) is 5.91 Å². The molecule has 1 fully saturated rings. The largest absolute Gasteiger partial charge is 0.339 e. The highest BCUT2D eigenvalue weighted by Gasteiger charge is 2.29. The average molecular weight is 234 g/mol. The van der Waals surface area contributed by atoms with E-state index in [4.69, 9.17) is 0 Å². The van der Waals surface area contributed by atoms with Crippen LogP contribution in [0.25, 0.3) is 0 Å². The van der Waals surface area contributed by atoms with Gasteiger partial charge in [0.05, 0.1) is 11.3 Å². The minimum atomic E-state index is -3.27. The maximum Gasteiger partial charge on any atom is 0.237 e. The molecule has 0 aromatic rings. The van der Waals surface area contributed by atoms with Crippen LogP contribution < -0.4 is 5.32 Å². The van der Waals surface area contributed by atoms with Crippen molar-refractivity contribution in [3.63, 3.8) is 0 Å². The number of hydrogen-bond acceptors (Lipinski definition) is 4. The standard InChI is InChI=1S/C9H18N2O3S/c1-7(2)15(13,14)6-9(12)11(3)8-4-10-5-8/h7-8,10H,4-6H2,1-3H3. The molecular formula is C9H18N2O3S. The number of likely N-dealkylation sites (N-methyl/N-ethyl adjacent to an activating group) is 1. The normalized spacial score (nSPS) is 17.6. The lowest BCUT2D eigenvalue weighted by Crippen LogP contribution is -2.58. The van der Waals surface area contributed by atoms with Gasteiger partial charge in [0.1, 0.15) is 5.75 Å². The van der Waals surface area contributed by atoms with E-state index in [1.165, 1.54) is 4.90 Å². The lowest BCUT2D eigenvalue weighted by molar-refractivity contribution is -0.130. The number of carbonyl (C=O) groups excluding carboxylic acids is 1. The Morgan fingerprint density at radius 3 is 2.33 bits per heavy atom. The second kappa shape index (κ2) is 4.49. The molecule has 1 aliphatic rings. The topological polar surface area (TPSA) is 66.5 Å². The molecule has 0 spiro atoms. The molecule has 6 heteroatoms. The van der Waals surface area contributed by atoms with Gasteiger partial charge in [-0.05, 0) is 13.8 Å². The quantitative estimate of drug-likeness (QED) is 0.694. The van der Waals surface area contributed by atoms with Crippen LogP contribution in [0.4, 0.5) is 0 Å². The van der Waals surface area contributed by atoms with Crippen molar-refractivity contribution in [3.05, 3.63) is 0 Å². The molecule has 0 aromatic heterocycles. The zero-order chi connectivity index (χ0) is 11.6. The Balaban J connectivity index is 2.55. The molecule has 0 atom stereocenters. The first-order valence-corrected chi connectivity index (χ1v) is 6.74. The molecule has 0 unspecified atom stereocenters. The first kappa shape index (κ1) is 12.4. The Bertz CT molecular complexity index is 333. The summed E-state index contributed by atoms with van der Waals surface area (Å²) >= 11 is 0. The van der Waals surface area contributed by atoms with Crippen molar-refractivity contribution in [2.75, 3.05) is 25.9 Å². The molecule has 0 radical (unpaired) electrons. The van der Waals surface area contributed by atoms with E-state index < -0.39 is 15.1 Å². The first-order valence-electron chi connectivity index (χ1n) is 5.02. The fourth-order valence-corrected chi connectivity index (χ4v) is 2.07. The summed E-state index contributed by atoms with van der Waals surface area (Å²) in [4.78, 5) is 13.1. The smallest absolute Gasteiger partial charge is 0.237 e. The maximum atomic E-state index is 11.6. The second-order valence-corrected chi connectivity index (χ2v) is 6.73. The van der Waals surface area contributed by atoms with Crippen LogP contribution in [0.1, 0.15) is 13.8 Å². The van der Waals surface area contributed by atoms with Gasteiger partial charge in [-0.25, -0.2) is 8.42 Å². The van der Waals surface area contributed by atoms with Crippen molar-refractivity contribution in [1.29, 1.82) is 0 Å². The molecule has 1 N–H and O–H groups in total. The Morgan fingerprint density at radius 2 is 2.00 bits per heavy atom. The molecule has 1 amide bonds. The van der Waals surface area contributed by atoms with Crippen LogP contribution in [0.5, 0.6) is 0 Å². The molecule has 0 aromatic carbocycles. The fourth-order valence-electron chi connectivity index (χ4n) is 1.19. The summed E-state index contributed by atoms with van der Waals surface area (Å²) in [6, 6.07) is 0.153. The van der Waals surface area contributed by atoms with Crippen LogP contribution in [-0.2, 0) is 14.6 Å². The minimum Gasteiger partial charge on any atom is -0.339 e. The summed E-state index contributed by atoms with van der Waals surface area (Å²) in [7, 11) is -1.62. The summed E-state index contributed by atoms with van der Waals surface area (Å²) in [5, 5.41) is 2.55. The van der Waals surface area contributed by atoms with Gasteiger partial charge in [0.15, 0.2) is 9.84 Å². The maximum absolute atomic E-state index is 11.6. The van der Waals surface area contributed by atoms with Crippen LogP contribution in [0.15, 0.2) is 0 Å². The lowest BCUT2D eigenvalue weighted by atomic mass is 10.1. The summed E-state index contributed by atoms with van der Waals surface area (Å²) < 4.78 is 23.0. The SMILES string of the molecule is CC(C)S(=O)(=O)CC(=O)N(C)C1CNC1. The predicted octanol–water partition coefficient (Wildman–Crippen LogP) is -0.760. The van der Waals surface area contributed by atoms with Crippen LogP contribution >= 0.6 is 0 Å². The third-order valence-corrected chi connectivity index (χ3v) is 4.83. The van der Waals surface area contributed by atoms with E-state index in [0.717, 1.165) is 13.1 Å². The molecule has 0 bridgehead atoms. The molecule has 1 heterocycles. The van der Waals surface area contributed by atoms with E-state index in [-0.39, 0.29) is 17.7 Å². The van der Waals surface area contributed by atoms with Gasteiger partial charge in [-0.2, -0.15) is 0 Å². The third kappa shape index (κ3) is 2.92. The number of nitrogens with one attached hydrogen (secondary N) is 1. The zero-order valence-corrected chi connectivity index (χ0v) is 10.2. The van der Waals surface area contributed by atoms with Crippen molar-refractivity contribution >= 4 is 15.7 Å². The predicted molar refractivity (Wildman–Crippen MR) is 58.4 cm³/mol. The number of carbonyl (C=O) groups is 1. The van der Waals surface area contributed by atoms with Crippen molar-refractivity contribution in [3.8, 4) is 0 Å². The van der Waals surface area contributed by atoms with E-state index in [0.29, 0.717) is 0 Å². The van der Waals surface area contributed by atoms with Crippen molar-refractivity contribution < 1.29 is 13.2 Å². The van der Waals surface area contributed by atoms with Crippen molar-refractivity contribution in [2.45, 2.75) is 25.1 Å². The monoisotopic (exact) mass is 234 g/mol. The van der Waals surface area contributed by atoms with E-state index in [1.807, 2.05) is 0 Å². The van der Waals surface area contributed by atoms with Gasteiger partial charge in [-0.1, -0.05) is 0 Å². The molecule has 88 valence electrons. The Morgan fingerprint density at radius 1 is 1.47 bits per heavy atom. The summed E-state index contributed by atoms with van der Waals surface area (Å²) in [5.74, 6) is -0.687. The fraction of sp³-hybridized carbons (Fsp3) is 0.889. The van der Waals surface area contributed by atoms with Gasteiger partial charge < -0.3 is 10.2 Å². The van der Waals surface area contributed by atoms with E-state index in [9.17, 15) is 13.2 Å². The summed E-state index contributed by atoms with van der Waals surface area (Å²) in [6.45, 7) is 4.69. The highest BCUT2D eigenvalue weighted by molar-refractivity contribution is 7.92. The van der Waals surface area contributed by atoms with E-state index >= 15 is 0 Å². The highest BCUT2D eigenvalue weighted by Crippen LogP contribution is 2.06. The number of rotatable bonds is 4. The van der Waals surface area contributed by atoms with Crippen LogP contribution in [-0.4, -0.2) is 56.4 Å².